The van der Waals surface area contributed by atoms with Crippen molar-refractivity contribution in [2.75, 3.05) is 4.72 Å². The molecular weight excluding hydrogens is 571 g/mol. The molecule has 0 heterocycles. The average molecular weight is 600 g/mol. The number of benzene rings is 7. The van der Waals surface area contributed by atoms with Crippen LogP contribution in [0.25, 0.3) is 43.8 Å². The van der Waals surface area contributed by atoms with E-state index < -0.39 is 10.0 Å². The number of anilines is 1. The van der Waals surface area contributed by atoms with E-state index >= 15 is 0 Å². The van der Waals surface area contributed by atoms with Gasteiger partial charge in [-0.15, -0.1) is 0 Å². The van der Waals surface area contributed by atoms with Gasteiger partial charge in [-0.25, -0.2) is 8.42 Å². The molecule has 1 N–H and O–H groups in total. The summed E-state index contributed by atoms with van der Waals surface area (Å²) in [4.78, 5) is 0.206. The quantitative estimate of drug-likeness (QED) is 0.200. The lowest BCUT2D eigenvalue weighted by molar-refractivity contribution is 0.601. The summed E-state index contributed by atoms with van der Waals surface area (Å²) >= 11 is 0. The third-order valence-corrected chi connectivity index (χ3v) is 9.42. The van der Waals surface area contributed by atoms with Crippen molar-refractivity contribution in [1.29, 1.82) is 0 Å². The molecule has 0 bridgehead atoms. The zero-order chi connectivity index (χ0) is 30.8. The number of fused-ring (bicyclic) bond motifs is 2. The van der Waals surface area contributed by atoms with Crippen LogP contribution in [0.2, 0.25) is 0 Å². The highest BCUT2D eigenvalue weighted by atomic mass is 32.2. The van der Waals surface area contributed by atoms with Crippen molar-refractivity contribution in [3.63, 3.8) is 0 Å². The van der Waals surface area contributed by atoms with Crippen LogP contribution in [0, 0.1) is 18.8 Å². The fourth-order valence-electron chi connectivity index (χ4n) is 5.70. The van der Waals surface area contributed by atoms with E-state index in [0.717, 1.165) is 49.4 Å². The van der Waals surface area contributed by atoms with Gasteiger partial charge in [0.25, 0.3) is 10.0 Å². The second-order valence-electron chi connectivity index (χ2n) is 11.0. The first kappa shape index (κ1) is 28.2. The standard InChI is InChI=1S/C41H29NO2S/c1-29-17-25-36(26-18-29)45(43,44)42-40-28-24-32-11-5-6-15-37(32)39(40)27-23-35-13-7-12-34-14-8-16-38(41(34)35)33-21-19-31(20-22-33)30-9-3-2-4-10-30/h2-22,24-26,28,42H,1H3. The Morgan fingerprint density at radius 1 is 0.533 bits per heavy atom. The Balaban J connectivity index is 1.34. The average Bonchev–Trinajstić information content (AvgIpc) is 3.08. The number of aryl methyl sites for hydroxylation is 1. The van der Waals surface area contributed by atoms with E-state index in [0.29, 0.717) is 11.3 Å². The second-order valence-corrected chi connectivity index (χ2v) is 12.7. The van der Waals surface area contributed by atoms with Gasteiger partial charge in [-0.05, 0) is 69.6 Å². The summed E-state index contributed by atoms with van der Waals surface area (Å²) in [6, 6.07) is 49.8. The summed E-state index contributed by atoms with van der Waals surface area (Å²) in [5.74, 6) is 6.81. The van der Waals surface area contributed by atoms with E-state index in [-0.39, 0.29) is 4.90 Å². The smallest absolute Gasteiger partial charge is 0.261 e. The SMILES string of the molecule is Cc1ccc(S(=O)(=O)Nc2ccc3ccccc3c2C#Cc2cccc3cccc(-c4ccc(-c5ccccc5)cc4)c23)cc1. The maximum absolute atomic E-state index is 13.4. The predicted octanol–water partition coefficient (Wildman–Crippen LogP) is 9.84. The highest BCUT2D eigenvalue weighted by molar-refractivity contribution is 7.92. The molecule has 0 aromatic heterocycles. The van der Waals surface area contributed by atoms with Crippen molar-refractivity contribution in [3.05, 3.63) is 168 Å². The highest BCUT2D eigenvalue weighted by Crippen LogP contribution is 2.33. The summed E-state index contributed by atoms with van der Waals surface area (Å²) in [6.07, 6.45) is 0. The molecule has 0 radical (unpaired) electrons. The summed E-state index contributed by atoms with van der Waals surface area (Å²) in [7, 11) is -3.82. The molecule has 4 heteroatoms. The van der Waals surface area contributed by atoms with Crippen LogP contribution in [0.3, 0.4) is 0 Å². The van der Waals surface area contributed by atoms with Crippen molar-refractivity contribution in [2.24, 2.45) is 0 Å². The second kappa shape index (κ2) is 11.8. The van der Waals surface area contributed by atoms with Crippen LogP contribution < -0.4 is 4.72 Å². The van der Waals surface area contributed by atoms with E-state index in [1.165, 1.54) is 5.56 Å². The van der Waals surface area contributed by atoms with Gasteiger partial charge in [-0.3, -0.25) is 4.72 Å². The van der Waals surface area contributed by atoms with Crippen LogP contribution in [-0.2, 0) is 10.0 Å². The van der Waals surface area contributed by atoms with Gasteiger partial charge in [0.15, 0.2) is 0 Å². The van der Waals surface area contributed by atoms with Crippen molar-refractivity contribution in [3.8, 4) is 34.1 Å². The molecule has 0 amide bonds. The fraction of sp³-hybridized carbons (Fsp3) is 0.0244. The molecule has 45 heavy (non-hydrogen) atoms. The maximum Gasteiger partial charge on any atom is 0.261 e. The third kappa shape index (κ3) is 5.70. The minimum absolute atomic E-state index is 0.206. The molecule has 0 spiro atoms. The van der Waals surface area contributed by atoms with Gasteiger partial charge in [-0.2, -0.15) is 0 Å². The molecule has 3 nitrogen and oxygen atoms in total. The summed E-state index contributed by atoms with van der Waals surface area (Å²) in [5.41, 5.74) is 7.47. The van der Waals surface area contributed by atoms with Gasteiger partial charge >= 0.3 is 0 Å². The Hall–Kier alpha value is -5.63. The topological polar surface area (TPSA) is 46.2 Å². The van der Waals surface area contributed by atoms with Crippen LogP contribution in [0.4, 0.5) is 5.69 Å². The number of sulfonamides is 1. The highest BCUT2D eigenvalue weighted by Gasteiger charge is 2.17. The Morgan fingerprint density at radius 2 is 1.18 bits per heavy atom. The number of nitrogens with one attached hydrogen (secondary N) is 1. The van der Waals surface area contributed by atoms with E-state index in [4.69, 9.17) is 0 Å². The Kier molecular flexibility index (Phi) is 7.39. The van der Waals surface area contributed by atoms with Gasteiger partial charge in [-0.1, -0.05) is 145 Å². The van der Waals surface area contributed by atoms with Gasteiger partial charge in [0, 0.05) is 10.9 Å². The van der Waals surface area contributed by atoms with E-state index in [2.05, 4.69) is 77.2 Å². The van der Waals surface area contributed by atoms with Crippen LogP contribution >= 0.6 is 0 Å². The molecule has 0 fully saturated rings. The molecule has 0 aliphatic rings. The van der Waals surface area contributed by atoms with Gasteiger partial charge in [0.1, 0.15) is 0 Å². The monoisotopic (exact) mass is 599 g/mol. The molecule has 0 saturated heterocycles. The van der Waals surface area contributed by atoms with Crippen LogP contribution in [-0.4, -0.2) is 8.42 Å². The van der Waals surface area contributed by atoms with Crippen molar-refractivity contribution < 1.29 is 8.42 Å². The summed E-state index contributed by atoms with van der Waals surface area (Å²) in [6.45, 7) is 1.93. The number of hydrogen-bond acceptors (Lipinski definition) is 2. The third-order valence-electron chi connectivity index (χ3n) is 8.03. The van der Waals surface area contributed by atoms with Crippen molar-refractivity contribution in [2.45, 2.75) is 11.8 Å². The zero-order valence-electron chi connectivity index (χ0n) is 24.7. The fourth-order valence-corrected chi connectivity index (χ4v) is 6.77. The van der Waals surface area contributed by atoms with Crippen LogP contribution in [0.1, 0.15) is 16.7 Å². The molecule has 0 atom stereocenters. The zero-order valence-corrected chi connectivity index (χ0v) is 25.5. The van der Waals surface area contributed by atoms with Gasteiger partial charge in [0.2, 0.25) is 0 Å². The first-order chi connectivity index (χ1) is 22.0. The molecule has 0 unspecified atom stereocenters. The normalized spacial score (nSPS) is 11.2. The molecule has 0 aliphatic heterocycles. The molecule has 216 valence electrons. The first-order valence-corrected chi connectivity index (χ1v) is 16.3. The lowest BCUT2D eigenvalue weighted by Crippen LogP contribution is -2.14. The van der Waals surface area contributed by atoms with Gasteiger partial charge < -0.3 is 0 Å². The molecule has 7 aromatic carbocycles. The molecule has 0 aliphatic carbocycles. The summed E-state index contributed by atoms with van der Waals surface area (Å²) < 4.78 is 29.6. The van der Waals surface area contributed by atoms with E-state index in [9.17, 15) is 8.42 Å². The first-order valence-electron chi connectivity index (χ1n) is 14.8. The van der Waals surface area contributed by atoms with E-state index in [1.807, 2.05) is 67.6 Å². The number of rotatable bonds is 5. The minimum Gasteiger partial charge on any atom is -0.278 e. The molecule has 0 saturated carbocycles. The van der Waals surface area contributed by atoms with Crippen molar-refractivity contribution >= 4 is 37.3 Å². The summed E-state index contributed by atoms with van der Waals surface area (Å²) in [5, 5.41) is 4.01. The van der Waals surface area contributed by atoms with Crippen LogP contribution in [0.15, 0.2) is 157 Å². The Labute approximate surface area is 263 Å². The lowest BCUT2D eigenvalue weighted by Gasteiger charge is -2.13. The lowest BCUT2D eigenvalue weighted by atomic mass is 9.93. The Morgan fingerprint density at radius 3 is 1.96 bits per heavy atom. The predicted molar refractivity (Wildman–Crippen MR) is 187 cm³/mol. The maximum atomic E-state index is 13.4. The number of hydrogen-bond donors (Lipinski definition) is 1. The Bertz CT molecular complexity index is 2340. The largest absolute Gasteiger partial charge is 0.278 e. The molecular formula is C41H29NO2S. The minimum atomic E-state index is -3.82. The van der Waals surface area contributed by atoms with Gasteiger partial charge in [0.05, 0.1) is 16.1 Å². The van der Waals surface area contributed by atoms with Crippen molar-refractivity contribution in [1.82, 2.24) is 0 Å². The van der Waals surface area contributed by atoms with Crippen LogP contribution in [0.5, 0.6) is 0 Å². The molecule has 7 aromatic rings. The molecule has 7 rings (SSSR count). The van der Waals surface area contributed by atoms with E-state index in [1.54, 1.807) is 30.3 Å².